The fourth-order valence-corrected chi connectivity index (χ4v) is 2.65. The van der Waals surface area contributed by atoms with E-state index >= 15 is 0 Å². The molecule has 0 unspecified atom stereocenters. The van der Waals surface area contributed by atoms with Crippen molar-refractivity contribution in [3.8, 4) is 0 Å². The molecule has 0 atom stereocenters. The molecule has 0 aliphatic rings. The summed E-state index contributed by atoms with van der Waals surface area (Å²) in [6, 6.07) is 3.63. The largest absolute Gasteiger partial charge is 0.466 e. The second-order valence-electron chi connectivity index (χ2n) is 4.86. The summed E-state index contributed by atoms with van der Waals surface area (Å²) >= 11 is 3.43. The van der Waals surface area contributed by atoms with Crippen LogP contribution in [0.3, 0.4) is 0 Å². The molecule has 3 N–H and O–H groups in total. The molecule has 4 nitrogen and oxygen atoms in total. The summed E-state index contributed by atoms with van der Waals surface area (Å²) in [6.45, 7) is 7.42. The molecule has 0 bridgehead atoms. The Labute approximate surface area is 126 Å². The second-order valence-corrected chi connectivity index (χ2v) is 5.71. The van der Waals surface area contributed by atoms with Gasteiger partial charge in [0.25, 0.3) is 5.91 Å². The van der Waals surface area contributed by atoms with Crippen molar-refractivity contribution < 1.29 is 9.21 Å². The maximum atomic E-state index is 12.4. The Morgan fingerprint density at radius 3 is 2.40 bits per heavy atom. The van der Waals surface area contributed by atoms with Gasteiger partial charge in [-0.3, -0.25) is 4.79 Å². The van der Waals surface area contributed by atoms with Gasteiger partial charge in [-0.1, -0.05) is 0 Å². The van der Waals surface area contributed by atoms with Crippen molar-refractivity contribution in [1.29, 1.82) is 0 Å². The Morgan fingerprint density at radius 2 is 1.85 bits per heavy atom. The summed E-state index contributed by atoms with van der Waals surface area (Å²) in [7, 11) is 0. The van der Waals surface area contributed by atoms with Crippen LogP contribution in [0, 0.1) is 27.7 Å². The van der Waals surface area contributed by atoms with E-state index in [0.29, 0.717) is 22.7 Å². The molecule has 5 heteroatoms. The van der Waals surface area contributed by atoms with Gasteiger partial charge in [0.15, 0.2) is 0 Å². The van der Waals surface area contributed by atoms with Gasteiger partial charge < -0.3 is 15.5 Å². The highest BCUT2D eigenvalue weighted by molar-refractivity contribution is 9.10. The molecule has 1 amide bonds. The minimum absolute atomic E-state index is 0.194. The minimum Gasteiger partial charge on any atom is -0.466 e. The first-order valence-electron chi connectivity index (χ1n) is 6.24. The number of nitrogens with two attached hydrogens (primary N) is 1. The van der Waals surface area contributed by atoms with Crippen LogP contribution in [-0.4, -0.2) is 5.91 Å². The normalized spacial score (nSPS) is 10.7. The van der Waals surface area contributed by atoms with E-state index in [0.717, 1.165) is 21.4 Å². The number of hydrogen-bond acceptors (Lipinski definition) is 3. The zero-order valence-corrected chi connectivity index (χ0v) is 13.5. The summed E-state index contributed by atoms with van der Waals surface area (Å²) in [5, 5.41) is 2.86. The number of nitrogen functional groups attached to an aromatic ring is 1. The fraction of sp³-hybridized carbons (Fsp3) is 0.267. The van der Waals surface area contributed by atoms with Crippen LogP contribution >= 0.6 is 15.9 Å². The van der Waals surface area contributed by atoms with Gasteiger partial charge in [-0.15, -0.1) is 0 Å². The van der Waals surface area contributed by atoms with E-state index in [1.54, 1.807) is 13.0 Å². The van der Waals surface area contributed by atoms with Gasteiger partial charge in [0.2, 0.25) is 0 Å². The van der Waals surface area contributed by atoms with Gasteiger partial charge in [-0.05, 0) is 61.3 Å². The molecule has 0 saturated heterocycles. The number of benzene rings is 1. The first kappa shape index (κ1) is 14.7. The lowest BCUT2D eigenvalue weighted by Gasteiger charge is -2.10. The number of halogens is 1. The average molecular weight is 337 g/mol. The van der Waals surface area contributed by atoms with Crippen molar-refractivity contribution in [1.82, 2.24) is 0 Å². The summed E-state index contributed by atoms with van der Waals surface area (Å²) in [5.74, 6) is 1.18. The van der Waals surface area contributed by atoms with Gasteiger partial charge >= 0.3 is 0 Å². The molecule has 2 aromatic rings. The quantitative estimate of drug-likeness (QED) is 0.811. The van der Waals surface area contributed by atoms with E-state index in [2.05, 4.69) is 21.2 Å². The Balaban J connectivity index is 2.35. The molecule has 0 aliphatic carbocycles. The van der Waals surface area contributed by atoms with Crippen LogP contribution in [-0.2, 0) is 0 Å². The van der Waals surface area contributed by atoms with Crippen LogP contribution in [0.5, 0.6) is 0 Å². The lowest BCUT2D eigenvalue weighted by molar-refractivity contribution is 0.102. The van der Waals surface area contributed by atoms with Crippen LogP contribution < -0.4 is 11.1 Å². The molecule has 0 aliphatic heterocycles. The van der Waals surface area contributed by atoms with Crippen molar-refractivity contribution in [2.24, 2.45) is 0 Å². The molecule has 1 heterocycles. The van der Waals surface area contributed by atoms with Crippen molar-refractivity contribution >= 4 is 33.2 Å². The fourth-order valence-electron chi connectivity index (χ4n) is 2.10. The van der Waals surface area contributed by atoms with Crippen LogP contribution in [0.4, 0.5) is 11.4 Å². The van der Waals surface area contributed by atoms with E-state index in [1.165, 1.54) is 0 Å². The molecule has 20 heavy (non-hydrogen) atoms. The second kappa shape index (κ2) is 5.32. The third-order valence-electron chi connectivity index (χ3n) is 3.39. The monoisotopic (exact) mass is 336 g/mol. The van der Waals surface area contributed by atoms with E-state index in [9.17, 15) is 4.79 Å². The molecular weight excluding hydrogens is 320 g/mol. The van der Waals surface area contributed by atoms with Crippen LogP contribution in [0.15, 0.2) is 21.0 Å². The predicted octanol–water partition coefficient (Wildman–Crippen LogP) is 4.11. The third kappa shape index (κ3) is 2.58. The van der Waals surface area contributed by atoms with Crippen molar-refractivity contribution in [3.63, 3.8) is 0 Å². The van der Waals surface area contributed by atoms with Crippen molar-refractivity contribution in [2.45, 2.75) is 27.7 Å². The van der Waals surface area contributed by atoms with E-state index in [4.69, 9.17) is 10.2 Å². The van der Waals surface area contributed by atoms with Crippen LogP contribution in [0.25, 0.3) is 0 Å². The van der Waals surface area contributed by atoms with Gasteiger partial charge in [-0.2, -0.15) is 0 Å². The zero-order chi connectivity index (χ0) is 15.0. The Hall–Kier alpha value is -1.75. The molecular formula is C15H17BrN2O2. The number of carbonyl (C=O) groups is 1. The molecule has 0 saturated carbocycles. The van der Waals surface area contributed by atoms with Crippen molar-refractivity contribution in [3.05, 3.63) is 44.8 Å². The topological polar surface area (TPSA) is 68.3 Å². The maximum absolute atomic E-state index is 12.4. The molecule has 0 fully saturated rings. The number of carbonyl (C=O) groups excluding carboxylic acids is 1. The molecule has 106 valence electrons. The van der Waals surface area contributed by atoms with Gasteiger partial charge in [-0.25, -0.2) is 0 Å². The standard InChI is InChI=1S/C15H17BrN2O2/c1-7-5-11(16)13(6-12(7)17)18-15(19)14-8(2)9(3)20-10(14)4/h5-6H,17H2,1-4H3,(H,18,19). The number of anilines is 2. The lowest BCUT2D eigenvalue weighted by atomic mass is 10.1. The number of rotatable bonds is 2. The predicted molar refractivity (Wildman–Crippen MR) is 84.2 cm³/mol. The Morgan fingerprint density at radius 1 is 1.20 bits per heavy atom. The first-order chi connectivity index (χ1) is 9.31. The Kier molecular flexibility index (Phi) is 3.90. The average Bonchev–Trinajstić information content (AvgIpc) is 2.60. The summed E-state index contributed by atoms with van der Waals surface area (Å²) in [5.41, 5.74) is 9.56. The van der Waals surface area contributed by atoms with Gasteiger partial charge in [0.1, 0.15) is 11.5 Å². The highest BCUT2D eigenvalue weighted by atomic mass is 79.9. The molecule has 1 aromatic heterocycles. The van der Waals surface area contributed by atoms with E-state index < -0.39 is 0 Å². The smallest absolute Gasteiger partial charge is 0.259 e. The highest BCUT2D eigenvalue weighted by Crippen LogP contribution is 2.29. The van der Waals surface area contributed by atoms with Crippen LogP contribution in [0.1, 0.15) is 33.0 Å². The van der Waals surface area contributed by atoms with Gasteiger partial charge in [0, 0.05) is 15.7 Å². The molecule has 0 radical (unpaired) electrons. The summed E-state index contributed by atoms with van der Waals surface area (Å²) < 4.78 is 6.28. The highest BCUT2D eigenvalue weighted by Gasteiger charge is 2.19. The Bertz CT molecular complexity index is 690. The third-order valence-corrected chi connectivity index (χ3v) is 4.05. The summed E-state index contributed by atoms with van der Waals surface area (Å²) in [6.07, 6.45) is 0. The van der Waals surface area contributed by atoms with E-state index in [1.807, 2.05) is 26.8 Å². The number of amides is 1. The van der Waals surface area contributed by atoms with Crippen LogP contribution in [0.2, 0.25) is 0 Å². The minimum atomic E-state index is -0.194. The van der Waals surface area contributed by atoms with E-state index in [-0.39, 0.29) is 5.91 Å². The summed E-state index contributed by atoms with van der Waals surface area (Å²) in [4.78, 5) is 12.4. The number of hydrogen-bond donors (Lipinski definition) is 2. The zero-order valence-electron chi connectivity index (χ0n) is 11.9. The first-order valence-corrected chi connectivity index (χ1v) is 7.04. The molecule has 1 aromatic carbocycles. The molecule has 0 spiro atoms. The van der Waals surface area contributed by atoms with Crippen molar-refractivity contribution in [2.75, 3.05) is 11.1 Å². The SMILES string of the molecule is Cc1cc(Br)c(NC(=O)c2c(C)oc(C)c2C)cc1N. The maximum Gasteiger partial charge on any atom is 0.259 e. The lowest BCUT2D eigenvalue weighted by Crippen LogP contribution is -2.14. The number of furan rings is 1. The molecule has 2 rings (SSSR count). The van der Waals surface area contributed by atoms with Gasteiger partial charge in [0.05, 0.1) is 11.3 Å². The number of nitrogens with one attached hydrogen (secondary N) is 1. The number of aryl methyl sites for hydroxylation is 3.